The molecule has 0 aromatic heterocycles. The lowest BCUT2D eigenvalue weighted by Crippen LogP contribution is -2.43. The Kier molecular flexibility index (Phi) is 2.94. The van der Waals surface area contributed by atoms with Gasteiger partial charge in [-0.3, -0.25) is 4.55 Å². The van der Waals surface area contributed by atoms with Gasteiger partial charge in [-0.15, -0.1) is 0 Å². The lowest BCUT2D eigenvalue weighted by atomic mass is 9.85. The second-order valence-electron chi connectivity index (χ2n) is 3.54. The van der Waals surface area contributed by atoms with Gasteiger partial charge in [0.1, 0.15) is 11.8 Å². The Labute approximate surface area is 77.0 Å². The van der Waals surface area contributed by atoms with Gasteiger partial charge in [0.2, 0.25) is 0 Å². The van der Waals surface area contributed by atoms with Crippen molar-refractivity contribution in [1.29, 1.82) is 0 Å². The van der Waals surface area contributed by atoms with Crippen molar-refractivity contribution < 1.29 is 21.5 Å². The van der Waals surface area contributed by atoms with E-state index < -0.39 is 22.2 Å². The maximum atomic E-state index is 13.3. The van der Waals surface area contributed by atoms with Gasteiger partial charge in [0.25, 0.3) is 0 Å². The fraction of sp³-hybridized carbons (Fsp3) is 1.00. The van der Waals surface area contributed by atoms with Crippen LogP contribution in [0.2, 0.25) is 0 Å². The van der Waals surface area contributed by atoms with Crippen molar-refractivity contribution in [2.24, 2.45) is 0 Å². The molecular formula is C7H13FO4S. The fourth-order valence-electron chi connectivity index (χ4n) is 1.60. The molecule has 2 unspecified atom stereocenters. The Bertz CT molecular complexity index is 276. The van der Waals surface area contributed by atoms with Crippen molar-refractivity contribution in [3.63, 3.8) is 0 Å². The summed E-state index contributed by atoms with van der Waals surface area (Å²) in [7, 11) is -4.56. The summed E-state index contributed by atoms with van der Waals surface area (Å²) in [6.45, 7) is 1.37. The Morgan fingerprint density at radius 2 is 2.15 bits per heavy atom. The van der Waals surface area contributed by atoms with Crippen molar-refractivity contribution in [3.8, 4) is 0 Å². The Morgan fingerprint density at radius 1 is 1.54 bits per heavy atom. The molecular weight excluding hydrogens is 199 g/mol. The van der Waals surface area contributed by atoms with E-state index in [0.717, 1.165) is 6.42 Å². The second kappa shape index (κ2) is 3.51. The van der Waals surface area contributed by atoms with Crippen LogP contribution in [0.1, 0.15) is 32.6 Å². The molecule has 1 fully saturated rings. The highest BCUT2D eigenvalue weighted by Crippen LogP contribution is 2.34. The summed E-state index contributed by atoms with van der Waals surface area (Å²) < 4.78 is 46.9. The van der Waals surface area contributed by atoms with Gasteiger partial charge >= 0.3 is 10.4 Å². The van der Waals surface area contributed by atoms with E-state index in [9.17, 15) is 12.8 Å². The molecule has 0 saturated heterocycles. The molecule has 0 spiro atoms. The summed E-state index contributed by atoms with van der Waals surface area (Å²) in [5.74, 6) is 0. The van der Waals surface area contributed by atoms with Crippen LogP contribution in [0.25, 0.3) is 0 Å². The summed E-state index contributed by atoms with van der Waals surface area (Å²) in [4.78, 5) is 0. The molecule has 1 aliphatic carbocycles. The van der Waals surface area contributed by atoms with Gasteiger partial charge in [0, 0.05) is 0 Å². The molecule has 6 heteroatoms. The minimum atomic E-state index is -4.56. The predicted molar refractivity (Wildman–Crippen MR) is 44.4 cm³/mol. The van der Waals surface area contributed by atoms with Crippen LogP contribution in [0, 0.1) is 0 Å². The first-order valence-electron chi connectivity index (χ1n) is 4.16. The molecule has 2 atom stereocenters. The third kappa shape index (κ3) is 2.89. The van der Waals surface area contributed by atoms with Gasteiger partial charge in [-0.2, -0.15) is 8.42 Å². The summed E-state index contributed by atoms with van der Waals surface area (Å²) in [5.41, 5.74) is -1.38. The van der Waals surface area contributed by atoms with Crippen LogP contribution in [0.15, 0.2) is 0 Å². The molecule has 0 aromatic carbocycles. The maximum Gasteiger partial charge on any atom is 0.397 e. The standard InChI is InChI=1S/C7H13FO4S/c1-7(12-13(9,10)11)5-3-2-4-6(7)8/h6H,2-5H2,1H3,(H,9,10,11). The van der Waals surface area contributed by atoms with Crippen LogP contribution >= 0.6 is 0 Å². The average molecular weight is 212 g/mol. The van der Waals surface area contributed by atoms with E-state index in [0.29, 0.717) is 12.8 Å². The second-order valence-corrected chi connectivity index (χ2v) is 4.56. The Hall–Kier alpha value is -0.200. The third-order valence-corrected chi connectivity index (χ3v) is 2.93. The summed E-state index contributed by atoms with van der Waals surface area (Å²) >= 11 is 0. The van der Waals surface area contributed by atoms with Crippen molar-refractivity contribution in [2.45, 2.75) is 44.4 Å². The van der Waals surface area contributed by atoms with Crippen LogP contribution in [0.5, 0.6) is 0 Å². The molecule has 1 aliphatic rings. The van der Waals surface area contributed by atoms with E-state index in [1.54, 1.807) is 0 Å². The van der Waals surface area contributed by atoms with Crippen molar-refractivity contribution in [3.05, 3.63) is 0 Å². The SMILES string of the molecule is CC1(OS(=O)(=O)O)CCCCC1F. The first kappa shape index (κ1) is 10.9. The summed E-state index contributed by atoms with van der Waals surface area (Å²) in [5, 5.41) is 0. The zero-order valence-electron chi connectivity index (χ0n) is 7.36. The summed E-state index contributed by atoms with van der Waals surface area (Å²) in [6.07, 6.45) is 0.709. The molecule has 0 amide bonds. The van der Waals surface area contributed by atoms with Gasteiger partial charge in [-0.25, -0.2) is 8.57 Å². The van der Waals surface area contributed by atoms with Crippen LogP contribution < -0.4 is 0 Å². The smallest absolute Gasteiger partial charge is 0.264 e. The highest BCUT2D eigenvalue weighted by atomic mass is 32.3. The van der Waals surface area contributed by atoms with Crippen molar-refractivity contribution in [1.82, 2.24) is 0 Å². The van der Waals surface area contributed by atoms with Crippen LogP contribution in [0.3, 0.4) is 0 Å². The van der Waals surface area contributed by atoms with Crippen LogP contribution in [-0.2, 0) is 14.6 Å². The molecule has 4 nitrogen and oxygen atoms in total. The third-order valence-electron chi connectivity index (χ3n) is 2.34. The van der Waals surface area contributed by atoms with Gasteiger partial charge < -0.3 is 0 Å². The lowest BCUT2D eigenvalue weighted by molar-refractivity contribution is -0.0279. The molecule has 13 heavy (non-hydrogen) atoms. The van der Waals surface area contributed by atoms with Crippen molar-refractivity contribution >= 4 is 10.4 Å². The molecule has 1 N–H and O–H groups in total. The number of halogens is 1. The number of alkyl halides is 1. The average Bonchev–Trinajstić information content (AvgIpc) is 1.92. The first-order valence-corrected chi connectivity index (χ1v) is 5.52. The minimum absolute atomic E-state index is 0.284. The van der Waals surface area contributed by atoms with Crippen molar-refractivity contribution in [2.75, 3.05) is 0 Å². The van der Waals surface area contributed by atoms with E-state index >= 15 is 0 Å². The minimum Gasteiger partial charge on any atom is -0.264 e. The number of hydrogen-bond donors (Lipinski definition) is 1. The molecule has 78 valence electrons. The zero-order valence-corrected chi connectivity index (χ0v) is 8.18. The molecule has 0 aliphatic heterocycles. The quantitative estimate of drug-likeness (QED) is 0.704. The molecule has 0 aromatic rings. The fourth-order valence-corrected chi connectivity index (χ4v) is 2.26. The molecule has 0 bridgehead atoms. The highest BCUT2D eigenvalue weighted by Gasteiger charge is 2.41. The summed E-state index contributed by atoms with van der Waals surface area (Å²) in [6, 6.07) is 0. The van der Waals surface area contributed by atoms with E-state index in [4.69, 9.17) is 4.55 Å². The predicted octanol–water partition coefficient (Wildman–Crippen LogP) is 1.48. The highest BCUT2D eigenvalue weighted by molar-refractivity contribution is 7.80. The van der Waals surface area contributed by atoms with E-state index in [1.807, 2.05) is 0 Å². The van der Waals surface area contributed by atoms with E-state index in [-0.39, 0.29) is 6.42 Å². The monoisotopic (exact) mass is 212 g/mol. The van der Waals surface area contributed by atoms with Gasteiger partial charge in [-0.05, 0) is 19.8 Å². The molecule has 0 heterocycles. The van der Waals surface area contributed by atoms with Crippen LogP contribution in [-0.4, -0.2) is 24.7 Å². The molecule has 1 rings (SSSR count). The molecule has 1 saturated carbocycles. The van der Waals surface area contributed by atoms with Crippen LogP contribution in [0.4, 0.5) is 4.39 Å². The normalized spacial score (nSPS) is 36.1. The van der Waals surface area contributed by atoms with E-state index in [2.05, 4.69) is 4.18 Å². The lowest BCUT2D eigenvalue weighted by Gasteiger charge is -2.34. The largest absolute Gasteiger partial charge is 0.397 e. The van der Waals surface area contributed by atoms with Gasteiger partial charge in [-0.1, -0.05) is 12.8 Å². The number of rotatable bonds is 2. The topological polar surface area (TPSA) is 63.6 Å². The van der Waals surface area contributed by atoms with Gasteiger partial charge in [0.05, 0.1) is 0 Å². The Balaban J connectivity index is 2.73. The zero-order chi connectivity index (χ0) is 10.1. The van der Waals surface area contributed by atoms with E-state index in [1.165, 1.54) is 6.92 Å². The number of hydrogen-bond acceptors (Lipinski definition) is 3. The molecule has 0 radical (unpaired) electrons. The maximum absolute atomic E-state index is 13.3. The Morgan fingerprint density at radius 3 is 2.62 bits per heavy atom. The van der Waals surface area contributed by atoms with Gasteiger partial charge in [0.15, 0.2) is 0 Å². The first-order chi connectivity index (χ1) is 5.83.